The van der Waals surface area contributed by atoms with Crippen LogP contribution in [0.5, 0.6) is 11.5 Å². The number of phenols is 2. The number of benzene rings is 1. The van der Waals surface area contributed by atoms with Crippen molar-refractivity contribution in [3.8, 4) is 11.5 Å². The summed E-state index contributed by atoms with van der Waals surface area (Å²) in [5.74, 6) is -0.537. The first-order valence-corrected chi connectivity index (χ1v) is 4.83. The Morgan fingerprint density at radius 3 is 2.62 bits per heavy atom. The highest BCUT2D eigenvalue weighted by Crippen LogP contribution is 2.28. The molecular formula is C11H15NO4. The molecule has 0 aliphatic rings. The molecule has 5 heteroatoms. The summed E-state index contributed by atoms with van der Waals surface area (Å²) in [7, 11) is 1.51. The fraction of sp³-hybridized carbons (Fsp3) is 0.364. The first-order chi connectivity index (χ1) is 7.54. The minimum atomic E-state index is -0.351. The number of amides is 1. The Morgan fingerprint density at radius 1 is 1.44 bits per heavy atom. The quantitative estimate of drug-likeness (QED) is 0.666. The lowest BCUT2D eigenvalue weighted by Gasteiger charge is -2.16. The number of carbonyl (C=O) groups is 1. The zero-order chi connectivity index (χ0) is 12.1. The Kier molecular flexibility index (Phi) is 4.13. The van der Waals surface area contributed by atoms with Gasteiger partial charge in [-0.2, -0.15) is 0 Å². The van der Waals surface area contributed by atoms with Crippen LogP contribution in [0.4, 0.5) is 0 Å². The molecule has 0 saturated carbocycles. The van der Waals surface area contributed by atoms with Gasteiger partial charge in [-0.15, -0.1) is 0 Å². The lowest BCUT2D eigenvalue weighted by molar-refractivity contribution is -0.119. The number of methoxy groups -OCH3 is 1. The summed E-state index contributed by atoms with van der Waals surface area (Å²) in [5.41, 5.74) is 0.687. The largest absolute Gasteiger partial charge is 0.504 e. The van der Waals surface area contributed by atoms with E-state index < -0.39 is 0 Å². The van der Waals surface area contributed by atoms with E-state index >= 15 is 0 Å². The third-order valence-electron chi connectivity index (χ3n) is 2.19. The summed E-state index contributed by atoms with van der Waals surface area (Å²) in [6, 6.07) is 4.42. The molecule has 0 radical (unpaired) electrons. The van der Waals surface area contributed by atoms with Crippen molar-refractivity contribution in [2.24, 2.45) is 0 Å². The number of nitrogens with one attached hydrogen (secondary N) is 1. The fourth-order valence-electron chi connectivity index (χ4n) is 1.31. The average molecular weight is 225 g/mol. The van der Waals surface area contributed by atoms with Crippen LogP contribution in [0.25, 0.3) is 0 Å². The van der Waals surface area contributed by atoms with Gasteiger partial charge in [0.25, 0.3) is 0 Å². The molecule has 0 spiro atoms. The van der Waals surface area contributed by atoms with E-state index in [9.17, 15) is 9.90 Å². The van der Waals surface area contributed by atoms with Gasteiger partial charge in [0.1, 0.15) is 0 Å². The third kappa shape index (κ3) is 3.13. The topological polar surface area (TPSA) is 78.8 Å². The summed E-state index contributed by atoms with van der Waals surface area (Å²) in [6.07, 6.45) is -0.351. The van der Waals surface area contributed by atoms with Crippen molar-refractivity contribution >= 4 is 5.91 Å². The van der Waals surface area contributed by atoms with Crippen LogP contribution in [-0.2, 0) is 9.53 Å². The predicted octanol–water partition coefficient (Wildman–Crippen LogP) is 0.921. The Bertz CT molecular complexity index is 378. The minimum Gasteiger partial charge on any atom is -0.504 e. The van der Waals surface area contributed by atoms with Crippen LogP contribution < -0.4 is 5.32 Å². The number of rotatable bonds is 4. The van der Waals surface area contributed by atoms with Crippen molar-refractivity contribution in [1.29, 1.82) is 0 Å². The summed E-state index contributed by atoms with van der Waals surface area (Å²) < 4.78 is 5.17. The van der Waals surface area contributed by atoms with Gasteiger partial charge in [-0.05, 0) is 17.7 Å². The molecule has 0 saturated heterocycles. The SMILES string of the molecule is CO[C@@H](CNC(C)=O)c1ccc(O)c(O)c1. The van der Waals surface area contributed by atoms with Crippen LogP contribution in [0, 0.1) is 0 Å². The van der Waals surface area contributed by atoms with Crippen molar-refractivity contribution in [3.05, 3.63) is 23.8 Å². The van der Waals surface area contributed by atoms with Crippen molar-refractivity contribution < 1.29 is 19.7 Å². The zero-order valence-electron chi connectivity index (χ0n) is 9.23. The second kappa shape index (κ2) is 5.37. The van der Waals surface area contributed by atoms with Gasteiger partial charge in [0.05, 0.1) is 6.10 Å². The van der Waals surface area contributed by atoms with E-state index in [1.165, 1.54) is 26.2 Å². The maximum absolute atomic E-state index is 10.8. The van der Waals surface area contributed by atoms with Crippen molar-refractivity contribution in [3.63, 3.8) is 0 Å². The number of ether oxygens (including phenoxy) is 1. The number of hydrogen-bond acceptors (Lipinski definition) is 4. The van der Waals surface area contributed by atoms with Crippen molar-refractivity contribution in [2.45, 2.75) is 13.0 Å². The second-order valence-electron chi connectivity index (χ2n) is 3.41. The summed E-state index contributed by atoms with van der Waals surface area (Å²) in [5, 5.41) is 21.1. The van der Waals surface area contributed by atoms with Gasteiger partial charge in [0, 0.05) is 20.6 Å². The van der Waals surface area contributed by atoms with E-state index in [-0.39, 0.29) is 23.5 Å². The van der Waals surface area contributed by atoms with E-state index in [4.69, 9.17) is 9.84 Å². The Hall–Kier alpha value is -1.75. The maximum Gasteiger partial charge on any atom is 0.216 e. The fourth-order valence-corrected chi connectivity index (χ4v) is 1.31. The van der Waals surface area contributed by atoms with Gasteiger partial charge in [0.15, 0.2) is 11.5 Å². The third-order valence-corrected chi connectivity index (χ3v) is 2.19. The standard InChI is InChI=1S/C11H15NO4/c1-7(13)12-6-11(16-2)8-3-4-9(14)10(15)5-8/h3-5,11,14-15H,6H2,1-2H3,(H,12,13)/t11-/m0/s1. The van der Waals surface area contributed by atoms with Crippen LogP contribution in [0.15, 0.2) is 18.2 Å². The Morgan fingerprint density at radius 2 is 2.12 bits per heavy atom. The summed E-state index contributed by atoms with van der Waals surface area (Å²) in [6.45, 7) is 1.73. The first kappa shape index (κ1) is 12.3. The zero-order valence-corrected chi connectivity index (χ0v) is 9.23. The Balaban J connectivity index is 2.78. The molecule has 0 heterocycles. The van der Waals surface area contributed by atoms with E-state index in [2.05, 4.69) is 5.32 Å². The van der Waals surface area contributed by atoms with E-state index in [0.717, 1.165) is 0 Å². The summed E-state index contributed by atoms with van der Waals surface area (Å²) >= 11 is 0. The molecule has 5 nitrogen and oxygen atoms in total. The molecule has 0 aliphatic carbocycles. The van der Waals surface area contributed by atoms with E-state index in [1.54, 1.807) is 6.07 Å². The molecule has 1 rings (SSSR count). The molecular weight excluding hydrogens is 210 g/mol. The normalized spacial score (nSPS) is 12.1. The number of phenolic OH excluding ortho intramolecular Hbond substituents is 2. The molecule has 0 unspecified atom stereocenters. The predicted molar refractivity (Wildman–Crippen MR) is 58.2 cm³/mol. The van der Waals surface area contributed by atoms with E-state index in [0.29, 0.717) is 12.1 Å². The second-order valence-corrected chi connectivity index (χ2v) is 3.41. The lowest BCUT2D eigenvalue weighted by atomic mass is 10.1. The van der Waals surface area contributed by atoms with Gasteiger partial charge in [-0.3, -0.25) is 4.79 Å². The van der Waals surface area contributed by atoms with Crippen LogP contribution >= 0.6 is 0 Å². The minimum absolute atomic E-state index is 0.148. The molecule has 1 atom stereocenters. The molecule has 3 N–H and O–H groups in total. The highest BCUT2D eigenvalue weighted by molar-refractivity contribution is 5.72. The van der Waals surface area contributed by atoms with Crippen LogP contribution in [0.3, 0.4) is 0 Å². The molecule has 0 aromatic heterocycles. The highest BCUT2D eigenvalue weighted by atomic mass is 16.5. The van der Waals surface area contributed by atoms with Crippen LogP contribution in [-0.4, -0.2) is 29.8 Å². The molecule has 1 aromatic rings. The Labute approximate surface area is 93.7 Å². The summed E-state index contributed by atoms with van der Waals surface area (Å²) in [4.78, 5) is 10.8. The molecule has 0 aliphatic heterocycles. The number of aromatic hydroxyl groups is 2. The number of hydrogen-bond donors (Lipinski definition) is 3. The maximum atomic E-state index is 10.8. The van der Waals surface area contributed by atoms with E-state index in [1.807, 2.05) is 0 Å². The van der Waals surface area contributed by atoms with Crippen molar-refractivity contribution in [1.82, 2.24) is 5.32 Å². The van der Waals surface area contributed by atoms with Gasteiger partial charge in [-0.25, -0.2) is 0 Å². The molecule has 88 valence electrons. The molecule has 0 bridgehead atoms. The molecule has 0 fully saturated rings. The molecule has 1 aromatic carbocycles. The first-order valence-electron chi connectivity index (χ1n) is 4.83. The molecule has 16 heavy (non-hydrogen) atoms. The van der Waals surface area contributed by atoms with Gasteiger partial charge >= 0.3 is 0 Å². The monoisotopic (exact) mass is 225 g/mol. The van der Waals surface area contributed by atoms with Crippen LogP contribution in [0.1, 0.15) is 18.6 Å². The molecule has 1 amide bonds. The van der Waals surface area contributed by atoms with Crippen molar-refractivity contribution in [2.75, 3.05) is 13.7 Å². The average Bonchev–Trinajstić information content (AvgIpc) is 2.23. The lowest BCUT2D eigenvalue weighted by Crippen LogP contribution is -2.26. The van der Waals surface area contributed by atoms with Crippen LogP contribution in [0.2, 0.25) is 0 Å². The number of carbonyl (C=O) groups excluding carboxylic acids is 1. The van der Waals surface area contributed by atoms with Gasteiger partial charge in [0.2, 0.25) is 5.91 Å². The highest BCUT2D eigenvalue weighted by Gasteiger charge is 2.12. The van der Waals surface area contributed by atoms with Gasteiger partial charge < -0.3 is 20.3 Å². The van der Waals surface area contributed by atoms with Gasteiger partial charge in [-0.1, -0.05) is 6.07 Å². The smallest absolute Gasteiger partial charge is 0.216 e.